The Bertz CT molecular complexity index is 1950. The van der Waals surface area contributed by atoms with Crippen LogP contribution >= 0.6 is 0 Å². The number of aromatic hydroxyl groups is 3. The number of hydrogen-bond acceptors (Lipinski definition) is 9. The molecule has 0 heterocycles. The first kappa shape index (κ1) is 43.7. The van der Waals surface area contributed by atoms with E-state index < -0.39 is 36.6 Å². The van der Waals surface area contributed by atoms with E-state index in [2.05, 4.69) is 39.0 Å². The van der Waals surface area contributed by atoms with Crippen molar-refractivity contribution >= 4 is 0 Å². The van der Waals surface area contributed by atoms with Crippen LogP contribution < -0.4 is 0 Å². The van der Waals surface area contributed by atoms with Crippen molar-refractivity contribution in [1.82, 2.24) is 0 Å². The second-order valence-corrected chi connectivity index (χ2v) is 22.8. The molecular weight excluding hydrogens is 793 g/mol. The van der Waals surface area contributed by atoms with E-state index in [9.17, 15) is 46.0 Å². The summed E-state index contributed by atoms with van der Waals surface area (Å²) in [5, 5.41) is 90.6. The number of aryl methyl sites for hydroxylation is 3. The number of hydrogen-bond donors (Lipinski definition) is 9. The summed E-state index contributed by atoms with van der Waals surface area (Å²) in [6, 6.07) is 17.4. The van der Waals surface area contributed by atoms with Crippen LogP contribution in [0.3, 0.4) is 0 Å². The van der Waals surface area contributed by atoms with Gasteiger partial charge < -0.3 is 46.0 Å². The first-order valence-corrected chi connectivity index (χ1v) is 24.6. The molecular formula is C54H72O9. The summed E-state index contributed by atoms with van der Waals surface area (Å²) in [6.07, 6.45) is 11.4. The van der Waals surface area contributed by atoms with Crippen molar-refractivity contribution in [2.75, 3.05) is 0 Å². The summed E-state index contributed by atoms with van der Waals surface area (Å²) in [7, 11) is 0. The van der Waals surface area contributed by atoms with Crippen molar-refractivity contribution in [3.05, 3.63) is 88.0 Å². The van der Waals surface area contributed by atoms with Crippen LogP contribution in [0.25, 0.3) is 0 Å². The monoisotopic (exact) mass is 865 g/mol. The third-order valence-electron chi connectivity index (χ3n) is 20.0. The highest BCUT2D eigenvalue weighted by Gasteiger charge is 2.60. The van der Waals surface area contributed by atoms with Crippen molar-refractivity contribution in [3.8, 4) is 17.2 Å². The number of rotatable bonds is 0. The van der Waals surface area contributed by atoms with Gasteiger partial charge in [0.05, 0.1) is 36.6 Å². The Kier molecular flexibility index (Phi) is 11.1. The maximum Gasteiger partial charge on any atom is 0.115 e. The largest absolute Gasteiger partial charge is 0.508 e. The van der Waals surface area contributed by atoms with E-state index in [1.54, 1.807) is 18.2 Å². The third kappa shape index (κ3) is 6.99. The predicted molar refractivity (Wildman–Crippen MR) is 240 cm³/mol. The first-order valence-electron chi connectivity index (χ1n) is 24.6. The van der Waals surface area contributed by atoms with Gasteiger partial charge in [0.25, 0.3) is 0 Å². The van der Waals surface area contributed by atoms with Gasteiger partial charge in [-0.25, -0.2) is 0 Å². The molecule has 0 amide bonds. The lowest BCUT2D eigenvalue weighted by Crippen LogP contribution is -2.44. The molecule has 9 aliphatic carbocycles. The van der Waals surface area contributed by atoms with Crippen molar-refractivity contribution in [1.29, 1.82) is 0 Å². The molecule has 3 aromatic rings. The summed E-state index contributed by atoms with van der Waals surface area (Å²) in [4.78, 5) is 0. The van der Waals surface area contributed by atoms with Crippen LogP contribution in [-0.4, -0.2) is 82.6 Å². The highest BCUT2D eigenvalue weighted by Crippen LogP contribution is 2.64. The van der Waals surface area contributed by atoms with Crippen molar-refractivity contribution in [3.63, 3.8) is 0 Å². The van der Waals surface area contributed by atoms with Gasteiger partial charge in [-0.1, -0.05) is 39.0 Å². The molecule has 0 spiro atoms. The quantitative estimate of drug-likeness (QED) is 0.109. The molecule has 342 valence electrons. The standard InChI is InChI=1S/3C18H24O3/c3*1-18-7-6-13-12-5-3-11(19)8-10(12)2-4-14(13)15(18)9-16(20)17(18)21/h3*3,5,8,13-17,19-21H,2,4,6-7,9H2,1H3/t3*13-,14-,15+,16-,17+,18+/m111/s1. The molecule has 0 aliphatic heterocycles. The van der Waals surface area contributed by atoms with Crippen molar-refractivity contribution < 1.29 is 46.0 Å². The van der Waals surface area contributed by atoms with Crippen LogP contribution in [0.2, 0.25) is 0 Å². The van der Waals surface area contributed by atoms with Gasteiger partial charge in [-0.05, 0) is 236 Å². The lowest BCUT2D eigenvalue weighted by molar-refractivity contribution is -0.0505. The molecule has 0 radical (unpaired) electrons. The van der Waals surface area contributed by atoms with E-state index in [1.165, 1.54) is 33.4 Å². The van der Waals surface area contributed by atoms with E-state index in [4.69, 9.17) is 0 Å². The molecule has 6 fully saturated rings. The Hall–Kier alpha value is -3.18. The van der Waals surface area contributed by atoms with E-state index in [1.807, 2.05) is 18.2 Å². The normalized spacial score (nSPS) is 44.8. The molecule has 0 aromatic heterocycles. The van der Waals surface area contributed by atoms with Gasteiger partial charge in [-0.2, -0.15) is 0 Å². The zero-order valence-corrected chi connectivity index (χ0v) is 37.5. The minimum Gasteiger partial charge on any atom is -0.508 e. The SMILES string of the molecule is C[C@]12CC[C@@H]3c4ccc(O)cc4CC[C@H]3[C@@H]1C[C@@H](O)[C@@H]2O.C[C@]12CC[C@@H]3c4ccc(O)cc4CC[C@H]3[C@@H]1C[C@@H](O)[C@@H]2O.C[C@]12CC[C@@H]3c4ccc(O)cc4CC[C@H]3[C@@H]1C[C@@H](O)[C@@H]2O. The average Bonchev–Trinajstić information content (AvgIpc) is 3.76. The fourth-order valence-corrected chi connectivity index (χ4v) is 16.7. The summed E-state index contributed by atoms with van der Waals surface area (Å²) in [5.74, 6) is 5.63. The molecule has 0 saturated heterocycles. The third-order valence-corrected chi connectivity index (χ3v) is 20.0. The van der Waals surface area contributed by atoms with Gasteiger partial charge >= 0.3 is 0 Å². The Labute approximate surface area is 373 Å². The topological polar surface area (TPSA) is 182 Å². The highest BCUT2D eigenvalue weighted by molar-refractivity contribution is 5.42. The van der Waals surface area contributed by atoms with Crippen LogP contribution in [0.15, 0.2) is 54.6 Å². The Balaban J connectivity index is 0.000000112. The fraction of sp³-hybridized carbons (Fsp3) is 0.667. The molecule has 3 aromatic carbocycles. The van der Waals surface area contributed by atoms with Gasteiger partial charge in [0.2, 0.25) is 0 Å². The number of phenolic OH excluding ortho intramolecular Hbond substituents is 3. The maximum absolute atomic E-state index is 10.4. The lowest BCUT2D eigenvalue weighted by Gasteiger charge is -2.49. The lowest BCUT2D eigenvalue weighted by atomic mass is 9.55. The van der Waals surface area contributed by atoms with Crippen LogP contribution in [0.1, 0.15) is 149 Å². The summed E-state index contributed by atoms with van der Waals surface area (Å²) < 4.78 is 0. The average molecular weight is 865 g/mol. The van der Waals surface area contributed by atoms with E-state index in [0.717, 1.165) is 96.3 Å². The van der Waals surface area contributed by atoms with Crippen LogP contribution in [0.4, 0.5) is 0 Å². The van der Waals surface area contributed by atoms with E-state index >= 15 is 0 Å². The van der Waals surface area contributed by atoms with Gasteiger partial charge in [0.1, 0.15) is 17.2 Å². The Morgan fingerprint density at radius 1 is 0.397 bits per heavy atom. The molecule has 9 nitrogen and oxygen atoms in total. The number of fused-ring (bicyclic) bond motifs is 15. The predicted octanol–water partition coefficient (Wildman–Crippen LogP) is 7.74. The molecule has 9 heteroatoms. The second-order valence-electron chi connectivity index (χ2n) is 22.8. The molecule has 63 heavy (non-hydrogen) atoms. The minimum absolute atomic E-state index is 0.116. The summed E-state index contributed by atoms with van der Waals surface area (Å²) in [5.41, 5.74) is 7.70. The smallest absolute Gasteiger partial charge is 0.115 e. The molecule has 12 rings (SSSR count). The number of phenols is 3. The summed E-state index contributed by atoms with van der Waals surface area (Å²) in [6.45, 7) is 6.50. The van der Waals surface area contributed by atoms with Gasteiger partial charge in [-0.3, -0.25) is 0 Å². The molecule has 0 unspecified atom stereocenters. The first-order chi connectivity index (χ1) is 30.0. The van der Waals surface area contributed by atoms with Crippen LogP contribution in [0.5, 0.6) is 17.2 Å². The minimum atomic E-state index is -0.565. The van der Waals surface area contributed by atoms with Gasteiger partial charge in [0.15, 0.2) is 0 Å². The van der Waals surface area contributed by atoms with Crippen LogP contribution in [-0.2, 0) is 19.3 Å². The Morgan fingerprint density at radius 2 is 0.667 bits per heavy atom. The van der Waals surface area contributed by atoms with Crippen molar-refractivity contribution in [2.24, 2.45) is 51.8 Å². The number of aliphatic hydroxyl groups is 6. The molecule has 9 aliphatic rings. The van der Waals surface area contributed by atoms with Gasteiger partial charge in [0, 0.05) is 0 Å². The van der Waals surface area contributed by atoms with E-state index in [-0.39, 0.29) is 16.2 Å². The maximum atomic E-state index is 10.4. The molecule has 6 saturated carbocycles. The fourth-order valence-electron chi connectivity index (χ4n) is 16.7. The molecule has 0 bridgehead atoms. The van der Waals surface area contributed by atoms with E-state index in [0.29, 0.717) is 70.5 Å². The van der Waals surface area contributed by atoms with Crippen molar-refractivity contribution in [2.45, 2.75) is 171 Å². The highest BCUT2D eigenvalue weighted by atomic mass is 16.3. The molecule has 9 N–H and O–H groups in total. The molecule has 18 atom stereocenters. The van der Waals surface area contributed by atoms with Gasteiger partial charge in [-0.15, -0.1) is 0 Å². The Morgan fingerprint density at radius 3 is 0.937 bits per heavy atom. The number of benzene rings is 3. The summed E-state index contributed by atoms with van der Waals surface area (Å²) >= 11 is 0. The zero-order chi connectivity index (χ0) is 44.3. The number of aliphatic hydroxyl groups excluding tert-OH is 6. The van der Waals surface area contributed by atoms with Crippen LogP contribution in [0, 0.1) is 51.8 Å². The zero-order valence-electron chi connectivity index (χ0n) is 37.5. The second kappa shape index (κ2) is 16.0.